The lowest BCUT2D eigenvalue weighted by Gasteiger charge is -2.07. The summed E-state index contributed by atoms with van der Waals surface area (Å²) in [6.45, 7) is 1.69. The van der Waals surface area contributed by atoms with Gasteiger partial charge in [0.15, 0.2) is 0 Å². The molecule has 136 valence electrons. The number of anilines is 1. The molecular formula is C21H18ClN3O2. The first-order valence-electron chi connectivity index (χ1n) is 8.39. The van der Waals surface area contributed by atoms with E-state index in [4.69, 9.17) is 11.6 Å². The summed E-state index contributed by atoms with van der Waals surface area (Å²) in [5, 5.41) is 9.22. The Labute approximate surface area is 162 Å². The minimum Gasteiger partial charge on any atom is -0.326 e. The van der Waals surface area contributed by atoms with Crippen LogP contribution in [0.4, 0.5) is 5.69 Å². The molecule has 3 aromatic carbocycles. The molecule has 6 heteroatoms. The maximum Gasteiger partial charge on any atom is 0.271 e. The molecule has 0 unspecified atom stereocenters. The summed E-state index contributed by atoms with van der Waals surface area (Å²) in [5.74, 6) is -0.540. The van der Waals surface area contributed by atoms with Gasteiger partial charge in [-0.25, -0.2) is 5.43 Å². The normalized spacial score (nSPS) is 11.3. The topological polar surface area (TPSA) is 70.6 Å². The molecule has 0 aliphatic rings. The lowest BCUT2D eigenvalue weighted by atomic mass is 10.0. The first-order valence-corrected chi connectivity index (χ1v) is 8.77. The van der Waals surface area contributed by atoms with Crippen LogP contribution in [0.5, 0.6) is 0 Å². The number of amides is 2. The third-order valence-corrected chi connectivity index (χ3v) is 4.18. The van der Waals surface area contributed by atoms with Crippen molar-refractivity contribution < 1.29 is 9.59 Å². The Balaban J connectivity index is 1.61. The van der Waals surface area contributed by atoms with Crippen molar-refractivity contribution in [2.45, 2.75) is 13.3 Å². The summed E-state index contributed by atoms with van der Waals surface area (Å²) in [6, 6.07) is 20.0. The quantitative estimate of drug-likeness (QED) is 0.501. The van der Waals surface area contributed by atoms with E-state index < -0.39 is 0 Å². The van der Waals surface area contributed by atoms with Gasteiger partial charge in [-0.15, -0.1) is 0 Å². The van der Waals surface area contributed by atoms with E-state index in [1.165, 1.54) is 0 Å². The van der Waals surface area contributed by atoms with Gasteiger partial charge in [0.2, 0.25) is 5.91 Å². The van der Waals surface area contributed by atoms with E-state index in [1.54, 1.807) is 37.3 Å². The zero-order valence-corrected chi connectivity index (χ0v) is 15.5. The Kier molecular flexibility index (Phi) is 5.84. The molecule has 0 aliphatic heterocycles. The number of hydrogen-bond acceptors (Lipinski definition) is 3. The number of carbonyl (C=O) groups excluding carboxylic acids is 2. The standard InChI is InChI=1S/C21H18ClN3O2/c1-14(13-20(26)23-17-11-9-16(22)10-12-17)24-25-21(27)19-8-4-6-15-5-2-3-7-18(15)19/h2-12H,13H2,1H3,(H,23,26)(H,25,27)/b24-14+. The molecule has 0 aliphatic carbocycles. The third-order valence-electron chi connectivity index (χ3n) is 3.93. The van der Waals surface area contributed by atoms with Crippen LogP contribution in [0.15, 0.2) is 71.8 Å². The smallest absolute Gasteiger partial charge is 0.271 e. The first-order chi connectivity index (χ1) is 13.0. The number of benzene rings is 3. The fraction of sp³-hybridized carbons (Fsp3) is 0.0952. The van der Waals surface area contributed by atoms with E-state index in [2.05, 4.69) is 15.8 Å². The molecule has 0 fully saturated rings. The van der Waals surface area contributed by atoms with Crippen molar-refractivity contribution in [3.8, 4) is 0 Å². The van der Waals surface area contributed by atoms with Gasteiger partial charge in [0.05, 0.1) is 6.42 Å². The number of nitrogens with zero attached hydrogens (tertiary/aromatic N) is 1. The molecule has 0 radical (unpaired) electrons. The van der Waals surface area contributed by atoms with Gasteiger partial charge in [0.1, 0.15) is 0 Å². The molecule has 0 saturated heterocycles. The van der Waals surface area contributed by atoms with Crippen molar-refractivity contribution in [3.63, 3.8) is 0 Å². The summed E-state index contributed by atoms with van der Waals surface area (Å²) < 4.78 is 0. The fourth-order valence-electron chi connectivity index (χ4n) is 2.64. The zero-order chi connectivity index (χ0) is 19.2. The second kappa shape index (κ2) is 8.47. The van der Waals surface area contributed by atoms with Gasteiger partial charge < -0.3 is 5.32 Å². The fourth-order valence-corrected chi connectivity index (χ4v) is 2.77. The van der Waals surface area contributed by atoms with Gasteiger partial charge >= 0.3 is 0 Å². The van der Waals surface area contributed by atoms with Crippen molar-refractivity contribution >= 4 is 45.6 Å². The van der Waals surface area contributed by atoms with Gasteiger partial charge in [0.25, 0.3) is 5.91 Å². The van der Waals surface area contributed by atoms with Crippen molar-refractivity contribution in [2.24, 2.45) is 5.10 Å². The van der Waals surface area contributed by atoms with Gasteiger partial charge in [-0.3, -0.25) is 9.59 Å². The number of rotatable bonds is 5. The highest BCUT2D eigenvalue weighted by molar-refractivity contribution is 6.30. The molecule has 0 saturated carbocycles. The van der Waals surface area contributed by atoms with Crippen molar-refractivity contribution in [2.75, 3.05) is 5.32 Å². The van der Waals surface area contributed by atoms with Crippen LogP contribution in [0.3, 0.4) is 0 Å². The maximum atomic E-state index is 12.4. The molecule has 0 aromatic heterocycles. The zero-order valence-electron chi connectivity index (χ0n) is 14.7. The van der Waals surface area contributed by atoms with Crippen LogP contribution in [0, 0.1) is 0 Å². The molecule has 0 spiro atoms. The number of fused-ring (bicyclic) bond motifs is 1. The first kappa shape index (κ1) is 18.6. The van der Waals surface area contributed by atoms with E-state index >= 15 is 0 Å². The number of halogens is 1. The van der Waals surface area contributed by atoms with Crippen LogP contribution in [-0.4, -0.2) is 17.5 Å². The van der Waals surface area contributed by atoms with E-state index in [9.17, 15) is 9.59 Å². The average Bonchev–Trinajstić information content (AvgIpc) is 2.67. The maximum absolute atomic E-state index is 12.4. The van der Waals surface area contributed by atoms with Crippen LogP contribution in [0.2, 0.25) is 5.02 Å². The minimum atomic E-state index is -0.316. The van der Waals surface area contributed by atoms with Crippen molar-refractivity contribution in [1.29, 1.82) is 0 Å². The molecule has 3 rings (SSSR count). The third kappa shape index (κ3) is 4.92. The molecule has 2 N–H and O–H groups in total. The van der Waals surface area contributed by atoms with Crippen LogP contribution >= 0.6 is 11.6 Å². The van der Waals surface area contributed by atoms with E-state index in [1.807, 2.05) is 36.4 Å². The number of hydrazone groups is 1. The van der Waals surface area contributed by atoms with Gasteiger partial charge in [-0.2, -0.15) is 5.10 Å². The average molecular weight is 380 g/mol. The molecule has 0 bridgehead atoms. The summed E-state index contributed by atoms with van der Waals surface area (Å²) in [7, 11) is 0. The SMILES string of the molecule is C/C(CC(=O)Nc1ccc(Cl)cc1)=N\NC(=O)c1cccc2ccccc12. The minimum absolute atomic E-state index is 0.0679. The van der Waals surface area contributed by atoms with E-state index in [0.29, 0.717) is 22.0 Å². The van der Waals surface area contributed by atoms with Crippen LogP contribution in [0.1, 0.15) is 23.7 Å². The second-order valence-electron chi connectivity index (χ2n) is 6.05. The van der Waals surface area contributed by atoms with Gasteiger partial charge in [0, 0.05) is 22.0 Å². The summed E-state index contributed by atoms with van der Waals surface area (Å²) >= 11 is 5.82. The molecular weight excluding hydrogens is 362 g/mol. The van der Waals surface area contributed by atoms with E-state index in [0.717, 1.165) is 10.8 Å². The molecule has 3 aromatic rings. The van der Waals surface area contributed by atoms with Gasteiger partial charge in [-0.05, 0) is 48.0 Å². The van der Waals surface area contributed by atoms with Crippen LogP contribution in [-0.2, 0) is 4.79 Å². The highest BCUT2D eigenvalue weighted by Gasteiger charge is 2.10. The lowest BCUT2D eigenvalue weighted by molar-refractivity contribution is -0.115. The Bertz CT molecular complexity index is 1010. The number of hydrogen-bond donors (Lipinski definition) is 2. The predicted molar refractivity (Wildman–Crippen MR) is 109 cm³/mol. The highest BCUT2D eigenvalue weighted by atomic mass is 35.5. The largest absolute Gasteiger partial charge is 0.326 e. The second-order valence-corrected chi connectivity index (χ2v) is 6.48. The van der Waals surface area contributed by atoms with Crippen molar-refractivity contribution in [3.05, 3.63) is 77.3 Å². The monoisotopic (exact) mass is 379 g/mol. The Morgan fingerprint density at radius 1 is 0.963 bits per heavy atom. The molecule has 0 heterocycles. The molecule has 0 atom stereocenters. The Morgan fingerprint density at radius 2 is 1.67 bits per heavy atom. The molecule has 5 nitrogen and oxygen atoms in total. The van der Waals surface area contributed by atoms with Crippen LogP contribution in [0.25, 0.3) is 10.8 Å². The molecule has 2 amide bonds. The van der Waals surface area contributed by atoms with Gasteiger partial charge in [-0.1, -0.05) is 48.0 Å². The summed E-state index contributed by atoms with van der Waals surface area (Å²) in [4.78, 5) is 24.5. The predicted octanol–water partition coefficient (Wildman–Crippen LogP) is 4.63. The summed E-state index contributed by atoms with van der Waals surface area (Å²) in [5.41, 5.74) is 4.20. The molecule has 27 heavy (non-hydrogen) atoms. The lowest BCUT2D eigenvalue weighted by Crippen LogP contribution is -2.21. The number of nitrogens with one attached hydrogen (secondary N) is 2. The van der Waals surface area contributed by atoms with E-state index in [-0.39, 0.29) is 18.2 Å². The Hall–Kier alpha value is -3.18. The van der Waals surface area contributed by atoms with Crippen LogP contribution < -0.4 is 10.7 Å². The highest BCUT2D eigenvalue weighted by Crippen LogP contribution is 2.18. The Morgan fingerprint density at radius 3 is 2.44 bits per heavy atom. The summed E-state index contributed by atoms with van der Waals surface area (Å²) in [6.07, 6.45) is 0.0679. The number of carbonyl (C=O) groups is 2. The van der Waals surface area contributed by atoms with Crippen molar-refractivity contribution in [1.82, 2.24) is 5.43 Å².